The molecule has 2 aromatic rings. The molecule has 1 saturated heterocycles. The molecule has 5 nitrogen and oxygen atoms in total. The maximum atomic E-state index is 12.7. The molecule has 2 aliphatic rings. The summed E-state index contributed by atoms with van der Waals surface area (Å²) in [5.41, 5.74) is 1.80. The van der Waals surface area contributed by atoms with E-state index in [4.69, 9.17) is 4.74 Å². The Labute approximate surface area is 163 Å². The first kappa shape index (κ1) is 17.9. The summed E-state index contributed by atoms with van der Waals surface area (Å²) in [5.74, 6) is 2.20. The van der Waals surface area contributed by atoms with Crippen molar-refractivity contribution < 1.29 is 14.3 Å². The lowest BCUT2D eigenvalue weighted by Crippen LogP contribution is -2.48. The van der Waals surface area contributed by atoms with Gasteiger partial charge in [-0.25, -0.2) is 0 Å². The number of hydrogen-bond acceptors (Lipinski definition) is 4. The third-order valence-corrected chi connectivity index (χ3v) is 6.00. The molecule has 2 aliphatic heterocycles. The largest absolute Gasteiger partial charge is 0.493 e. The van der Waals surface area contributed by atoms with Gasteiger partial charge in [-0.05, 0) is 30.2 Å². The molecule has 4 rings (SSSR count). The van der Waals surface area contributed by atoms with Crippen LogP contribution in [0.3, 0.4) is 0 Å². The molecule has 0 aliphatic carbocycles. The highest BCUT2D eigenvalue weighted by Gasteiger charge is 2.35. The molecule has 0 saturated carbocycles. The number of benzene rings is 2. The van der Waals surface area contributed by atoms with Crippen molar-refractivity contribution in [1.29, 1.82) is 0 Å². The predicted octanol–water partition coefficient (Wildman–Crippen LogP) is 2.57. The fraction of sp³-hybridized carbons (Fsp3) is 0.333. The topological polar surface area (TPSA) is 58.6 Å². The Morgan fingerprint density at radius 1 is 1.11 bits per heavy atom. The highest BCUT2D eigenvalue weighted by molar-refractivity contribution is 7.99. The van der Waals surface area contributed by atoms with E-state index in [0.717, 1.165) is 12.2 Å². The van der Waals surface area contributed by atoms with E-state index in [1.165, 1.54) is 5.56 Å². The first-order valence-electron chi connectivity index (χ1n) is 9.14. The van der Waals surface area contributed by atoms with Gasteiger partial charge in [0.15, 0.2) is 0 Å². The van der Waals surface area contributed by atoms with E-state index in [1.807, 2.05) is 36.4 Å². The van der Waals surface area contributed by atoms with Crippen molar-refractivity contribution in [3.63, 3.8) is 0 Å². The van der Waals surface area contributed by atoms with Crippen LogP contribution in [0.15, 0.2) is 54.6 Å². The number of nitrogens with one attached hydrogen (secondary N) is 1. The number of nitrogens with zero attached hydrogens (tertiary/aromatic N) is 1. The second-order valence-corrected chi connectivity index (χ2v) is 7.89. The number of para-hydroxylation sites is 1. The van der Waals surface area contributed by atoms with Crippen LogP contribution < -0.4 is 10.1 Å². The van der Waals surface area contributed by atoms with Gasteiger partial charge in [0.1, 0.15) is 11.8 Å². The van der Waals surface area contributed by atoms with Crippen LogP contribution in [0.4, 0.5) is 0 Å². The summed E-state index contributed by atoms with van der Waals surface area (Å²) in [7, 11) is 0. The average Bonchev–Trinajstić information content (AvgIpc) is 3.22. The van der Waals surface area contributed by atoms with Crippen LogP contribution in [0.1, 0.15) is 15.9 Å². The average molecular weight is 382 g/mol. The Morgan fingerprint density at radius 2 is 1.89 bits per heavy atom. The standard InChI is InChI=1S/C21H22N2O3S/c24-20(22-11-15-10-17-8-4-5-9-19(17)26-12-15)18-13-27-14-23(18)21(25)16-6-2-1-3-7-16/h1-9,15,18H,10-14H2,(H,22,24)/t15-,18+/m0/s1. The van der Waals surface area contributed by atoms with E-state index in [2.05, 4.69) is 11.4 Å². The van der Waals surface area contributed by atoms with E-state index < -0.39 is 6.04 Å². The lowest BCUT2D eigenvalue weighted by atomic mass is 9.96. The zero-order chi connectivity index (χ0) is 18.6. The summed E-state index contributed by atoms with van der Waals surface area (Å²) in [6.45, 7) is 1.16. The van der Waals surface area contributed by atoms with E-state index in [-0.39, 0.29) is 17.7 Å². The molecular formula is C21H22N2O3S. The van der Waals surface area contributed by atoms with Crippen LogP contribution in [0.5, 0.6) is 5.75 Å². The maximum absolute atomic E-state index is 12.7. The minimum absolute atomic E-state index is 0.0804. The minimum atomic E-state index is -0.417. The molecule has 140 valence electrons. The van der Waals surface area contributed by atoms with Crippen molar-refractivity contribution in [2.45, 2.75) is 12.5 Å². The van der Waals surface area contributed by atoms with E-state index in [0.29, 0.717) is 30.3 Å². The molecule has 1 N–H and O–H groups in total. The molecule has 0 aromatic heterocycles. The molecule has 1 fully saturated rings. The highest BCUT2D eigenvalue weighted by atomic mass is 32.2. The lowest BCUT2D eigenvalue weighted by Gasteiger charge is -2.27. The Hall–Kier alpha value is -2.47. The molecular weight excluding hydrogens is 360 g/mol. The monoisotopic (exact) mass is 382 g/mol. The number of rotatable bonds is 4. The molecule has 2 heterocycles. The van der Waals surface area contributed by atoms with Gasteiger partial charge >= 0.3 is 0 Å². The third kappa shape index (κ3) is 3.95. The minimum Gasteiger partial charge on any atom is -0.493 e. The quantitative estimate of drug-likeness (QED) is 0.883. The lowest BCUT2D eigenvalue weighted by molar-refractivity contribution is -0.124. The Kier molecular flexibility index (Phi) is 5.34. The van der Waals surface area contributed by atoms with Gasteiger partial charge in [-0.1, -0.05) is 36.4 Å². The zero-order valence-electron chi connectivity index (χ0n) is 15.0. The zero-order valence-corrected chi connectivity index (χ0v) is 15.8. The first-order valence-corrected chi connectivity index (χ1v) is 10.3. The van der Waals surface area contributed by atoms with Crippen molar-refractivity contribution >= 4 is 23.6 Å². The van der Waals surface area contributed by atoms with Crippen LogP contribution in [-0.2, 0) is 11.2 Å². The molecule has 0 spiro atoms. The molecule has 6 heteroatoms. The molecule has 0 unspecified atom stereocenters. The fourth-order valence-corrected chi connectivity index (χ4v) is 4.65. The summed E-state index contributed by atoms with van der Waals surface area (Å²) in [5, 5.41) is 3.04. The van der Waals surface area contributed by atoms with Gasteiger partial charge in [-0.15, -0.1) is 11.8 Å². The third-order valence-electron chi connectivity index (χ3n) is 4.99. The van der Waals surface area contributed by atoms with Crippen LogP contribution in [0.25, 0.3) is 0 Å². The van der Waals surface area contributed by atoms with Crippen LogP contribution in [0, 0.1) is 5.92 Å². The van der Waals surface area contributed by atoms with Gasteiger partial charge in [-0.3, -0.25) is 9.59 Å². The number of carbonyl (C=O) groups excluding carboxylic acids is 2. The van der Waals surface area contributed by atoms with E-state index >= 15 is 0 Å². The first-order chi connectivity index (χ1) is 13.2. The Balaban J connectivity index is 1.35. The number of fused-ring (bicyclic) bond motifs is 1. The van der Waals surface area contributed by atoms with E-state index in [1.54, 1.807) is 28.8 Å². The predicted molar refractivity (Wildman–Crippen MR) is 106 cm³/mol. The fourth-order valence-electron chi connectivity index (χ4n) is 3.49. The highest BCUT2D eigenvalue weighted by Crippen LogP contribution is 2.27. The maximum Gasteiger partial charge on any atom is 0.255 e. The van der Waals surface area contributed by atoms with Gasteiger partial charge in [-0.2, -0.15) is 0 Å². The Morgan fingerprint density at radius 3 is 2.74 bits per heavy atom. The molecule has 2 amide bonds. The van der Waals surface area contributed by atoms with Crippen molar-refractivity contribution in [2.75, 3.05) is 24.8 Å². The molecule has 0 radical (unpaired) electrons. The second-order valence-electron chi connectivity index (χ2n) is 6.89. The van der Waals surface area contributed by atoms with Crippen LogP contribution in [0.2, 0.25) is 0 Å². The van der Waals surface area contributed by atoms with Gasteiger partial charge in [0.2, 0.25) is 5.91 Å². The number of carbonyl (C=O) groups is 2. The van der Waals surface area contributed by atoms with Crippen LogP contribution in [-0.4, -0.2) is 47.5 Å². The molecule has 2 aromatic carbocycles. The van der Waals surface area contributed by atoms with Crippen molar-refractivity contribution in [1.82, 2.24) is 10.2 Å². The summed E-state index contributed by atoms with van der Waals surface area (Å²) in [6, 6.07) is 16.7. The van der Waals surface area contributed by atoms with Crippen molar-refractivity contribution in [3.05, 3.63) is 65.7 Å². The van der Waals surface area contributed by atoms with Gasteiger partial charge in [0.05, 0.1) is 12.5 Å². The second kappa shape index (κ2) is 8.05. The Bertz CT molecular complexity index is 827. The van der Waals surface area contributed by atoms with Crippen molar-refractivity contribution in [2.24, 2.45) is 5.92 Å². The molecule has 0 bridgehead atoms. The normalized spacial score (nSPS) is 21.3. The summed E-state index contributed by atoms with van der Waals surface area (Å²) >= 11 is 1.61. The smallest absolute Gasteiger partial charge is 0.255 e. The van der Waals surface area contributed by atoms with Gasteiger partial charge < -0.3 is 15.0 Å². The van der Waals surface area contributed by atoms with Gasteiger partial charge in [0.25, 0.3) is 5.91 Å². The van der Waals surface area contributed by atoms with Crippen LogP contribution >= 0.6 is 11.8 Å². The van der Waals surface area contributed by atoms with Gasteiger partial charge in [0, 0.05) is 23.8 Å². The van der Waals surface area contributed by atoms with E-state index in [9.17, 15) is 9.59 Å². The molecule has 2 atom stereocenters. The number of thioether (sulfide) groups is 1. The van der Waals surface area contributed by atoms with Crippen molar-refractivity contribution in [3.8, 4) is 5.75 Å². The SMILES string of the molecule is O=C(NC[C@H]1COc2ccccc2C1)[C@H]1CSCN1C(=O)c1ccccc1. The molecule has 27 heavy (non-hydrogen) atoms. The summed E-state index contributed by atoms with van der Waals surface area (Å²) < 4.78 is 5.79. The number of hydrogen-bond donors (Lipinski definition) is 1. The summed E-state index contributed by atoms with van der Waals surface area (Å²) in [4.78, 5) is 27.1. The number of ether oxygens (including phenoxy) is 1. The summed E-state index contributed by atoms with van der Waals surface area (Å²) in [6.07, 6.45) is 0.891. The number of amides is 2.